The van der Waals surface area contributed by atoms with E-state index in [-0.39, 0.29) is 0 Å². The molecule has 5 rings (SSSR count). The number of rotatable bonds is 1. The fourth-order valence-corrected chi connectivity index (χ4v) is 5.31. The lowest BCUT2D eigenvalue weighted by molar-refractivity contribution is 0.110. The number of aromatic nitrogens is 1. The lowest BCUT2D eigenvalue weighted by atomic mass is 9.94. The van der Waals surface area contributed by atoms with E-state index in [9.17, 15) is 0 Å². The third-order valence-electron chi connectivity index (χ3n) is 6.00. The molecule has 26 heavy (non-hydrogen) atoms. The highest BCUT2D eigenvalue weighted by molar-refractivity contribution is 7.14. The number of hydrogen-bond donors (Lipinski definition) is 1. The van der Waals surface area contributed by atoms with E-state index in [1.54, 1.807) is 11.3 Å². The number of benzene rings is 1. The summed E-state index contributed by atoms with van der Waals surface area (Å²) < 4.78 is 0. The van der Waals surface area contributed by atoms with Crippen LogP contribution in [0.2, 0.25) is 0 Å². The number of hydrogen-bond acceptors (Lipinski definition) is 6. The lowest BCUT2D eigenvalue weighted by Crippen LogP contribution is -2.56. The molecule has 1 aliphatic carbocycles. The van der Waals surface area contributed by atoms with E-state index in [0.717, 1.165) is 53.5 Å². The molecule has 1 saturated heterocycles. The van der Waals surface area contributed by atoms with Crippen LogP contribution in [0.15, 0.2) is 34.8 Å². The molecule has 0 amide bonds. The van der Waals surface area contributed by atoms with Crippen molar-refractivity contribution in [1.82, 2.24) is 14.8 Å². The Labute approximate surface area is 158 Å². The van der Waals surface area contributed by atoms with Gasteiger partial charge < -0.3 is 15.1 Å². The molecule has 2 aliphatic heterocycles. The maximum absolute atomic E-state index is 5.13. The molecule has 0 bridgehead atoms. The van der Waals surface area contributed by atoms with Crippen molar-refractivity contribution in [3.8, 4) is 0 Å². The number of nitrogens with zero attached hydrogens (tertiary/aromatic N) is 4. The van der Waals surface area contributed by atoms with E-state index in [1.165, 1.54) is 25.7 Å². The summed E-state index contributed by atoms with van der Waals surface area (Å²) in [6.07, 6.45) is 5.44. The number of para-hydroxylation sites is 2. The fraction of sp³-hybridized carbons (Fsp3) is 0.500. The quantitative estimate of drug-likeness (QED) is 0.825. The number of piperazine rings is 1. The van der Waals surface area contributed by atoms with E-state index >= 15 is 0 Å². The summed E-state index contributed by atoms with van der Waals surface area (Å²) in [5.74, 6) is 1.83. The Hall–Kier alpha value is -1.92. The van der Waals surface area contributed by atoms with Gasteiger partial charge in [-0.15, -0.1) is 11.3 Å². The summed E-state index contributed by atoms with van der Waals surface area (Å²) in [6, 6.07) is 8.86. The zero-order valence-corrected chi connectivity index (χ0v) is 16.0. The molecule has 2 aromatic rings. The van der Waals surface area contributed by atoms with E-state index in [0.29, 0.717) is 6.04 Å². The van der Waals surface area contributed by atoms with E-state index in [2.05, 4.69) is 46.4 Å². The summed E-state index contributed by atoms with van der Waals surface area (Å²) in [7, 11) is 2.25. The van der Waals surface area contributed by atoms with Gasteiger partial charge in [0.15, 0.2) is 5.84 Å². The lowest BCUT2D eigenvalue weighted by Gasteiger charge is -2.44. The SMILES string of the molecule is CN1CCN(C2=Nc3ccccc3Nc3scnc32)C(C2CCCC2)C1. The van der Waals surface area contributed by atoms with Gasteiger partial charge in [-0.3, -0.25) is 0 Å². The van der Waals surface area contributed by atoms with Gasteiger partial charge in [-0.05, 0) is 37.9 Å². The predicted molar refractivity (Wildman–Crippen MR) is 108 cm³/mol. The minimum atomic E-state index is 0.537. The van der Waals surface area contributed by atoms with Crippen molar-refractivity contribution < 1.29 is 0 Å². The van der Waals surface area contributed by atoms with Crippen LogP contribution in [-0.2, 0) is 0 Å². The van der Waals surface area contributed by atoms with Crippen LogP contribution >= 0.6 is 11.3 Å². The number of aliphatic imine (C=N–C) groups is 1. The fourth-order valence-electron chi connectivity index (χ4n) is 4.62. The number of likely N-dealkylation sites (N-methyl/N-ethyl adjacent to an activating group) is 1. The molecule has 5 nitrogen and oxygen atoms in total. The molecule has 1 unspecified atom stereocenters. The Kier molecular flexibility index (Phi) is 4.17. The van der Waals surface area contributed by atoms with Crippen molar-refractivity contribution in [1.29, 1.82) is 0 Å². The summed E-state index contributed by atoms with van der Waals surface area (Å²) >= 11 is 1.66. The average Bonchev–Trinajstić information content (AvgIpc) is 3.31. The summed E-state index contributed by atoms with van der Waals surface area (Å²) in [6.45, 7) is 3.23. The first kappa shape index (κ1) is 16.3. The van der Waals surface area contributed by atoms with Gasteiger partial charge in [-0.2, -0.15) is 0 Å². The molecule has 1 atom stereocenters. The number of anilines is 2. The predicted octanol–water partition coefficient (Wildman–Crippen LogP) is 4.08. The average molecular weight is 368 g/mol. The molecule has 1 saturated carbocycles. The van der Waals surface area contributed by atoms with Gasteiger partial charge in [0.25, 0.3) is 0 Å². The van der Waals surface area contributed by atoms with Crippen LogP contribution in [0.25, 0.3) is 0 Å². The van der Waals surface area contributed by atoms with Crippen LogP contribution in [0, 0.1) is 5.92 Å². The van der Waals surface area contributed by atoms with Gasteiger partial charge in [0.1, 0.15) is 10.7 Å². The molecule has 3 aliphatic rings. The van der Waals surface area contributed by atoms with Gasteiger partial charge in [-0.25, -0.2) is 9.98 Å². The standard InChI is InChI=1S/C20H25N5S/c1-24-10-11-25(17(12-24)14-6-2-3-7-14)19-18-20(26-13-21-18)23-16-9-5-4-8-15(16)22-19/h4-5,8-9,13-14,17,23H,2-3,6-7,10-12H2,1H3. The van der Waals surface area contributed by atoms with Gasteiger partial charge in [0.05, 0.1) is 16.9 Å². The largest absolute Gasteiger partial charge is 0.349 e. The van der Waals surface area contributed by atoms with Crippen molar-refractivity contribution in [3.63, 3.8) is 0 Å². The second-order valence-electron chi connectivity index (χ2n) is 7.68. The molecule has 0 spiro atoms. The molecular weight excluding hydrogens is 342 g/mol. The van der Waals surface area contributed by atoms with Crippen LogP contribution in [0.3, 0.4) is 0 Å². The topological polar surface area (TPSA) is 43.8 Å². The Bertz CT molecular complexity index is 823. The molecule has 1 N–H and O–H groups in total. The number of fused-ring (bicyclic) bond motifs is 2. The molecule has 6 heteroatoms. The number of amidine groups is 1. The molecule has 1 aromatic carbocycles. The monoisotopic (exact) mass is 367 g/mol. The summed E-state index contributed by atoms with van der Waals surface area (Å²) in [5, 5.41) is 4.66. The van der Waals surface area contributed by atoms with Crippen LogP contribution < -0.4 is 5.32 Å². The van der Waals surface area contributed by atoms with Gasteiger partial charge in [0, 0.05) is 25.7 Å². The molecule has 136 valence electrons. The van der Waals surface area contributed by atoms with Crippen molar-refractivity contribution in [3.05, 3.63) is 35.5 Å². The minimum absolute atomic E-state index is 0.537. The minimum Gasteiger partial charge on any atom is -0.349 e. The van der Waals surface area contributed by atoms with Gasteiger partial charge in [0.2, 0.25) is 0 Å². The van der Waals surface area contributed by atoms with Crippen LogP contribution in [0.5, 0.6) is 0 Å². The smallest absolute Gasteiger partial charge is 0.158 e. The zero-order chi connectivity index (χ0) is 17.5. The summed E-state index contributed by atoms with van der Waals surface area (Å²) in [5.41, 5.74) is 5.02. The number of nitrogens with one attached hydrogen (secondary N) is 1. The van der Waals surface area contributed by atoms with Gasteiger partial charge in [-0.1, -0.05) is 25.0 Å². The van der Waals surface area contributed by atoms with E-state index < -0.39 is 0 Å². The maximum Gasteiger partial charge on any atom is 0.158 e. The van der Waals surface area contributed by atoms with Crippen LogP contribution in [0.4, 0.5) is 16.4 Å². The molecule has 1 aromatic heterocycles. The second-order valence-corrected chi connectivity index (χ2v) is 8.53. The maximum atomic E-state index is 5.13. The first-order chi connectivity index (χ1) is 12.8. The van der Waals surface area contributed by atoms with Crippen molar-refractivity contribution in [2.75, 3.05) is 32.0 Å². The Morgan fingerprint density at radius 3 is 2.88 bits per heavy atom. The zero-order valence-electron chi connectivity index (χ0n) is 15.2. The molecule has 3 heterocycles. The van der Waals surface area contributed by atoms with Gasteiger partial charge >= 0.3 is 0 Å². The number of thiazole rings is 1. The highest BCUT2D eigenvalue weighted by Gasteiger charge is 2.37. The third kappa shape index (κ3) is 2.81. The normalized spacial score (nSPS) is 23.8. The van der Waals surface area contributed by atoms with Crippen LogP contribution in [-0.4, -0.2) is 53.3 Å². The van der Waals surface area contributed by atoms with Crippen molar-refractivity contribution in [2.45, 2.75) is 31.7 Å². The first-order valence-corrected chi connectivity index (χ1v) is 10.5. The van der Waals surface area contributed by atoms with E-state index in [1.807, 2.05) is 5.51 Å². The Balaban J connectivity index is 1.59. The third-order valence-corrected chi connectivity index (χ3v) is 6.74. The molecule has 0 radical (unpaired) electrons. The molecule has 2 fully saturated rings. The van der Waals surface area contributed by atoms with Crippen molar-refractivity contribution in [2.24, 2.45) is 10.9 Å². The highest BCUT2D eigenvalue weighted by atomic mass is 32.1. The highest BCUT2D eigenvalue weighted by Crippen LogP contribution is 2.38. The second kappa shape index (κ2) is 6.67. The Morgan fingerprint density at radius 2 is 2.00 bits per heavy atom. The first-order valence-electron chi connectivity index (χ1n) is 9.63. The Morgan fingerprint density at radius 1 is 1.15 bits per heavy atom. The molecular formula is C20H25N5S. The van der Waals surface area contributed by atoms with E-state index in [4.69, 9.17) is 9.98 Å². The summed E-state index contributed by atoms with van der Waals surface area (Å²) in [4.78, 5) is 14.9. The van der Waals surface area contributed by atoms with Crippen LogP contribution in [0.1, 0.15) is 31.4 Å². The van der Waals surface area contributed by atoms with Crippen molar-refractivity contribution >= 4 is 33.5 Å².